The zero-order valence-electron chi connectivity index (χ0n) is 10.4. The molecule has 0 radical (unpaired) electrons. The minimum absolute atomic E-state index is 0.0297. The van der Waals surface area contributed by atoms with Gasteiger partial charge in [-0.1, -0.05) is 0 Å². The van der Waals surface area contributed by atoms with Crippen molar-refractivity contribution in [1.82, 2.24) is 4.98 Å². The highest BCUT2D eigenvalue weighted by atomic mass is 19.3. The van der Waals surface area contributed by atoms with Gasteiger partial charge in [-0.05, 0) is 36.4 Å². The SMILES string of the molecule is N#Cc1ccc(NCc2ccc(OC(F)F)cn2)cc1. The van der Waals surface area contributed by atoms with Crippen molar-refractivity contribution in [2.24, 2.45) is 0 Å². The molecule has 0 amide bonds. The van der Waals surface area contributed by atoms with Crippen LogP contribution in [0.25, 0.3) is 0 Å². The van der Waals surface area contributed by atoms with Crippen molar-refractivity contribution in [3.63, 3.8) is 0 Å². The molecule has 0 saturated heterocycles. The lowest BCUT2D eigenvalue weighted by molar-refractivity contribution is -0.0500. The number of nitrogens with one attached hydrogen (secondary N) is 1. The Hall–Kier alpha value is -2.68. The van der Waals surface area contributed by atoms with Gasteiger partial charge in [0.1, 0.15) is 5.75 Å². The molecule has 0 saturated carbocycles. The maximum Gasteiger partial charge on any atom is 0.387 e. The fraction of sp³-hybridized carbons (Fsp3) is 0.143. The van der Waals surface area contributed by atoms with E-state index in [1.807, 2.05) is 6.07 Å². The van der Waals surface area contributed by atoms with Gasteiger partial charge < -0.3 is 10.1 Å². The minimum atomic E-state index is -2.85. The van der Waals surface area contributed by atoms with E-state index in [1.54, 1.807) is 30.3 Å². The molecule has 0 aliphatic heterocycles. The molecular formula is C14H11F2N3O. The van der Waals surface area contributed by atoms with Gasteiger partial charge in [0.2, 0.25) is 0 Å². The lowest BCUT2D eigenvalue weighted by Gasteiger charge is -2.07. The third kappa shape index (κ3) is 3.92. The number of halogens is 2. The molecule has 6 heteroatoms. The number of pyridine rings is 1. The van der Waals surface area contributed by atoms with Crippen LogP contribution in [0.15, 0.2) is 42.6 Å². The first-order chi connectivity index (χ1) is 9.67. The third-order valence-corrected chi connectivity index (χ3v) is 2.51. The van der Waals surface area contributed by atoms with Crippen LogP contribution in [0.4, 0.5) is 14.5 Å². The van der Waals surface area contributed by atoms with Crippen molar-refractivity contribution in [2.75, 3.05) is 5.32 Å². The number of nitriles is 1. The minimum Gasteiger partial charge on any atom is -0.433 e. The molecule has 0 spiro atoms. The largest absolute Gasteiger partial charge is 0.433 e. The van der Waals surface area contributed by atoms with Crippen LogP contribution in [-0.2, 0) is 6.54 Å². The van der Waals surface area contributed by atoms with Crippen molar-refractivity contribution in [1.29, 1.82) is 5.26 Å². The van der Waals surface area contributed by atoms with E-state index >= 15 is 0 Å². The molecule has 102 valence electrons. The van der Waals surface area contributed by atoms with E-state index in [1.165, 1.54) is 12.3 Å². The Morgan fingerprint density at radius 3 is 2.50 bits per heavy atom. The number of benzene rings is 1. The summed E-state index contributed by atoms with van der Waals surface area (Å²) in [5, 5.41) is 11.8. The van der Waals surface area contributed by atoms with Gasteiger partial charge in [-0.2, -0.15) is 14.0 Å². The van der Waals surface area contributed by atoms with Crippen LogP contribution >= 0.6 is 0 Å². The second kappa shape index (κ2) is 6.48. The molecule has 2 rings (SSSR count). The van der Waals surface area contributed by atoms with Crippen molar-refractivity contribution < 1.29 is 13.5 Å². The Labute approximate surface area is 114 Å². The molecule has 0 unspecified atom stereocenters. The molecule has 4 nitrogen and oxygen atoms in total. The monoisotopic (exact) mass is 275 g/mol. The molecule has 0 bridgehead atoms. The van der Waals surface area contributed by atoms with Gasteiger partial charge in [-0.15, -0.1) is 0 Å². The molecule has 0 atom stereocenters. The number of anilines is 1. The average Bonchev–Trinajstić information content (AvgIpc) is 2.46. The molecule has 1 N–H and O–H groups in total. The van der Waals surface area contributed by atoms with Crippen molar-refractivity contribution >= 4 is 5.69 Å². The molecule has 2 aromatic rings. The molecule has 1 aromatic heterocycles. The van der Waals surface area contributed by atoms with Crippen LogP contribution < -0.4 is 10.1 Å². The van der Waals surface area contributed by atoms with Gasteiger partial charge in [0, 0.05) is 5.69 Å². The predicted octanol–water partition coefficient (Wildman–Crippen LogP) is 3.17. The molecule has 0 aliphatic rings. The highest BCUT2D eigenvalue weighted by Crippen LogP contribution is 2.14. The van der Waals surface area contributed by atoms with Gasteiger partial charge in [0.25, 0.3) is 0 Å². The smallest absolute Gasteiger partial charge is 0.387 e. The number of hydrogen-bond donors (Lipinski definition) is 1. The maximum absolute atomic E-state index is 12.0. The van der Waals surface area contributed by atoms with Gasteiger partial charge in [-0.25, -0.2) is 0 Å². The second-order valence-corrected chi connectivity index (χ2v) is 3.91. The molecule has 0 fully saturated rings. The fourth-order valence-corrected chi connectivity index (χ4v) is 1.54. The standard InChI is InChI=1S/C14H11F2N3O/c15-14(16)20-13-6-5-12(19-9-13)8-18-11-3-1-10(7-17)2-4-11/h1-6,9,14,18H,8H2. The number of aromatic nitrogens is 1. The summed E-state index contributed by atoms with van der Waals surface area (Å²) >= 11 is 0. The topological polar surface area (TPSA) is 57.9 Å². The van der Waals surface area contributed by atoms with E-state index in [9.17, 15) is 8.78 Å². The number of nitrogens with zero attached hydrogens (tertiary/aromatic N) is 2. The van der Waals surface area contributed by atoms with E-state index < -0.39 is 6.61 Å². The van der Waals surface area contributed by atoms with Crippen LogP contribution in [0.1, 0.15) is 11.3 Å². The lowest BCUT2D eigenvalue weighted by atomic mass is 10.2. The van der Waals surface area contributed by atoms with E-state index in [2.05, 4.69) is 15.0 Å². The molecule has 0 aliphatic carbocycles. The Bertz CT molecular complexity index is 591. The molecular weight excluding hydrogens is 264 g/mol. The zero-order valence-corrected chi connectivity index (χ0v) is 10.4. The Morgan fingerprint density at radius 1 is 1.20 bits per heavy atom. The summed E-state index contributed by atoms with van der Waals surface area (Å²) in [6.07, 6.45) is 1.25. The summed E-state index contributed by atoms with van der Waals surface area (Å²) in [6, 6.07) is 12.1. The molecule has 1 heterocycles. The van der Waals surface area contributed by atoms with E-state index in [4.69, 9.17) is 5.26 Å². The number of alkyl halides is 2. The van der Waals surface area contributed by atoms with Crippen LogP contribution in [0.2, 0.25) is 0 Å². The highest BCUT2D eigenvalue weighted by molar-refractivity contribution is 5.47. The van der Waals surface area contributed by atoms with Gasteiger partial charge in [0.15, 0.2) is 0 Å². The number of hydrogen-bond acceptors (Lipinski definition) is 4. The summed E-state index contributed by atoms with van der Waals surface area (Å²) in [5.41, 5.74) is 2.12. The normalized spacial score (nSPS) is 10.1. The van der Waals surface area contributed by atoms with Crippen LogP contribution in [0, 0.1) is 11.3 Å². The number of ether oxygens (including phenoxy) is 1. The zero-order chi connectivity index (χ0) is 14.4. The van der Waals surface area contributed by atoms with E-state index in [0.717, 1.165) is 5.69 Å². The van der Waals surface area contributed by atoms with E-state index in [0.29, 0.717) is 17.8 Å². The highest BCUT2D eigenvalue weighted by Gasteiger charge is 2.04. The lowest BCUT2D eigenvalue weighted by Crippen LogP contribution is -2.04. The summed E-state index contributed by atoms with van der Waals surface area (Å²) < 4.78 is 28.1. The van der Waals surface area contributed by atoms with Crippen molar-refractivity contribution in [3.8, 4) is 11.8 Å². The van der Waals surface area contributed by atoms with Gasteiger partial charge in [0.05, 0.1) is 30.1 Å². The van der Waals surface area contributed by atoms with Crippen LogP contribution in [0.3, 0.4) is 0 Å². The summed E-state index contributed by atoms with van der Waals surface area (Å²) in [5.74, 6) is 0.0297. The summed E-state index contributed by atoms with van der Waals surface area (Å²) in [4.78, 5) is 4.01. The average molecular weight is 275 g/mol. The van der Waals surface area contributed by atoms with Gasteiger partial charge >= 0.3 is 6.61 Å². The summed E-state index contributed by atoms with van der Waals surface area (Å²) in [6.45, 7) is -2.40. The first-order valence-corrected chi connectivity index (χ1v) is 5.81. The first-order valence-electron chi connectivity index (χ1n) is 5.81. The van der Waals surface area contributed by atoms with Gasteiger partial charge in [-0.3, -0.25) is 4.98 Å². The second-order valence-electron chi connectivity index (χ2n) is 3.91. The maximum atomic E-state index is 12.0. The van der Waals surface area contributed by atoms with Crippen LogP contribution in [-0.4, -0.2) is 11.6 Å². The predicted molar refractivity (Wildman–Crippen MR) is 69.4 cm³/mol. The first kappa shape index (κ1) is 13.7. The Morgan fingerprint density at radius 2 is 1.95 bits per heavy atom. The quantitative estimate of drug-likeness (QED) is 0.910. The third-order valence-electron chi connectivity index (χ3n) is 2.51. The number of rotatable bonds is 5. The Kier molecular flexibility index (Phi) is 4.45. The Balaban J connectivity index is 1.91. The van der Waals surface area contributed by atoms with Crippen molar-refractivity contribution in [3.05, 3.63) is 53.9 Å². The van der Waals surface area contributed by atoms with Crippen molar-refractivity contribution in [2.45, 2.75) is 13.2 Å². The molecule has 20 heavy (non-hydrogen) atoms. The van der Waals surface area contributed by atoms with E-state index in [-0.39, 0.29) is 5.75 Å². The van der Waals surface area contributed by atoms with Crippen LogP contribution in [0.5, 0.6) is 5.75 Å². The summed E-state index contributed by atoms with van der Waals surface area (Å²) in [7, 11) is 0. The fourth-order valence-electron chi connectivity index (χ4n) is 1.54. The molecule has 1 aromatic carbocycles.